The fourth-order valence-electron chi connectivity index (χ4n) is 1.66. The monoisotopic (exact) mass is 321 g/mol. The van der Waals surface area contributed by atoms with Gasteiger partial charge in [0.1, 0.15) is 0 Å². The van der Waals surface area contributed by atoms with Crippen molar-refractivity contribution in [2.75, 3.05) is 4.43 Å². The molecule has 0 radical (unpaired) electrons. The van der Waals surface area contributed by atoms with E-state index in [-0.39, 0.29) is 0 Å². The van der Waals surface area contributed by atoms with Gasteiger partial charge in [0, 0.05) is 16.5 Å². The molecule has 3 atom stereocenters. The summed E-state index contributed by atoms with van der Waals surface area (Å²) in [6.45, 7) is 10.4. The van der Waals surface area contributed by atoms with Crippen LogP contribution in [0.2, 0.25) is 0 Å². The molecular formula is C13H24IN. The first kappa shape index (κ1) is 15.2. The van der Waals surface area contributed by atoms with Crippen molar-refractivity contribution in [1.29, 1.82) is 0 Å². The van der Waals surface area contributed by atoms with Crippen molar-refractivity contribution in [3.63, 3.8) is 0 Å². The minimum absolute atomic E-state index is 0.527. The average Bonchev–Trinajstić information content (AvgIpc) is 2.25. The molecule has 0 aliphatic carbocycles. The van der Waals surface area contributed by atoms with E-state index in [1.807, 2.05) is 6.08 Å². The number of allylic oxidation sites excluding steroid dienone is 2. The van der Waals surface area contributed by atoms with E-state index in [1.54, 1.807) is 0 Å². The summed E-state index contributed by atoms with van der Waals surface area (Å²) >= 11 is 2.45. The molecule has 15 heavy (non-hydrogen) atoms. The molecule has 0 saturated heterocycles. The molecule has 2 unspecified atom stereocenters. The summed E-state index contributed by atoms with van der Waals surface area (Å²) in [6, 6.07) is 1.16. The second-order valence-corrected chi connectivity index (χ2v) is 4.81. The zero-order chi connectivity index (χ0) is 11.7. The van der Waals surface area contributed by atoms with Crippen molar-refractivity contribution < 1.29 is 0 Å². The highest BCUT2D eigenvalue weighted by Gasteiger charge is 2.15. The van der Waals surface area contributed by atoms with Crippen LogP contribution in [0, 0.1) is 5.92 Å². The highest BCUT2D eigenvalue weighted by molar-refractivity contribution is 14.1. The zero-order valence-corrected chi connectivity index (χ0v) is 12.3. The second-order valence-electron chi connectivity index (χ2n) is 3.93. The summed E-state index contributed by atoms with van der Waals surface area (Å²) in [7, 11) is 0. The molecule has 0 bridgehead atoms. The molecule has 0 aliphatic rings. The first-order chi connectivity index (χ1) is 7.19. The van der Waals surface area contributed by atoms with Gasteiger partial charge in [-0.1, -0.05) is 47.7 Å². The van der Waals surface area contributed by atoms with Crippen LogP contribution >= 0.6 is 22.6 Å². The zero-order valence-electron chi connectivity index (χ0n) is 10.2. The molecule has 88 valence electrons. The fraction of sp³-hybridized carbons (Fsp3) is 0.692. The van der Waals surface area contributed by atoms with Gasteiger partial charge in [-0.2, -0.15) is 0 Å². The van der Waals surface area contributed by atoms with E-state index >= 15 is 0 Å². The lowest BCUT2D eigenvalue weighted by Gasteiger charge is -2.25. The molecule has 0 rings (SSSR count). The predicted octanol–water partition coefficient (Wildman–Crippen LogP) is 3.95. The quantitative estimate of drug-likeness (QED) is 0.405. The van der Waals surface area contributed by atoms with Gasteiger partial charge in [0.25, 0.3) is 0 Å². The van der Waals surface area contributed by atoms with E-state index in [4.69, 9.17) is 0 Å². The Hall–Kier alpha value is 0.170. The molecule has 1 N–H and O–H groups in total. The third kappa shape index (κ3) is 6.36. The maximum absolute atomic E-state index is 3.82. The summed E-state index contributed by atoms with van der Waals surface area (Å²) in [5, 5.41) is 3.68. The molecule has 0 saturated carbocycles. The average molecular weight is 321 g/mol. The van der Waals surface area contributed by atoms with Gasteiger partial charge in [0.2, 0.25) is 0 Å². The van der Waals surface area contributed by atoms with Crippen LogP contribution in [0.3, 0.4) is 0 Å². The van der Waals surface area contributed by atoms with Gasteiger partial charge in [0.15, 0.2) is 0 Å². The van der Waals surface area contributed by atoms with Gasteiger partial charge >= 0.3 is 0 Å². The summed E-state index contributed by atoms with van der Waals surface area (Å²) in [5.41, 5.74) is 0. The Bertz CT molecular complexity index is 185. The molecule has 1 nitrogen and oxygen atoms in total. The lowest BCUT2D eigenvalue weighted by atomic mass is 9.96. The van der Waals surface area contributed by atoms with Crippen LogP contribution in [0.25, 0.3) is 0 Å². The van der Waals surface area contributed by atoms with Gasteiger partial charge < -0.3 is 5.32 Å². The highest BCUT2D eigenvalue weighted by Crippen LogP contribution is 2.13. The third-order valence-electron chi connectivity index (χ3n) is 2.70. The molecule has 0 aromatic carbocycles. The summed E-state index contributed by atoms with van der Waals surface area (Å²) in [4.78, 5) is 0. The highest BCUT2D eigenvalue weighted by atomic mass is 127. The first-order valence-electron chi connectivity index (χ1n) is 5.75. The van der Waals surface area contributed by atoms with Crippen molar-refractivity contribution in [2.45, 2.75) is 45.7 Å². The Morgan fingerprint density at radius 3 is 2.53 bits per heavy atom. The molecule has 0 aromatic rings. The van der Waals surface area contributed by atoms with Gasteiger partial charge in [-0.05, 0) is 32.6 Å². The number of nitrogens with one attached hydrogen (secondary N) is 1. The minimum atomic E-state index is 0.527. The van der Waals surface area contributed by atoms with Gasteiger partial charge in [-0.3, -0.25) is 0 Å². The van der Waals surface area contributed by atoms with Gasteiger partial charge in [-0.15, -0.1) is 6.58 Å². The van der Waals surface area contributed by atoms with Crippen LogP contribution in [0.1, 0.15) is 33.6 Å². The van der Waals surface area contributed by atoms with Crippen molar-refractivity contribution >= 4 is 22.6 Å². The lowest BCUT2D eigenvalue weighted by Crippen LogP contribution is -2.41. The SMILES string of the molecule is C=CCC(/C=C\C)[C@H](C)NC(CC)CI. The maximum Gasteiger partial charge on any atom is 0.0157 e. The van der Waals surface area contributed by atoms with E-state index < -0.39 is 0 Å². The fourth-order valence-corrected chi connectivity index (χ4v) is 2.53. The number of rotatable bonds is 8. The minimum Gasteiger partial charge on any atom is -0.310 e. The molecule has 2 heteroatoms. The Morgan fingerprint density at radius 2 is 2.13 bits per heavy atom. The molecule has 0 fully saturated rings. The van der Waals surface area contributed by atoms with Crippen molar-refractivity contribution in [3.05, 3.63) is 24.8 Å². The summed E-state index contributed by atoms with van der Waals surface area (Å²) in [6.07, 6.45) is 8.67. The van der Waals surface area contributed by atoms with Crippen LogP contribution < -0.4 is 5.32 Å². The van der Waals surface area contributed by atoms with Crippen LogP contribution in [-0.2, 0) is 0 Å². The van der Waals surface area contributed by atoms with E-state index in [0.717, 1.165) is 6.42 Å². The topological polar surface area (TPSA) is 12.0 Å². The maximum atomic E-state index is 3.82. The van der Waals surface area contributed by atoms with Crippen molar-refractivity contribution in [1.82, 2.24) is 5.32 Å². The molecule has 0 aromatic heterocycles. The van der Waals surface area contributed by atoms with Gasteiger partial charge in [-0.25, -0.2) is 0 Å². The molecule has 0 amide bonds. The van der Waals surface area contributed by atoms with Crippen molar-refractivity contribution in [3.8, 4) is 0 Å². The van der Waals surface area contributed by atoms with Crippen LogP contribution in [0.15, 0.2) is 24.8 Å². The smallest absolute Gasteiger partial charge is 0.0157 e. The van der Waals surface area contributed by atoms with Crippen LogP contribution in [-0.4, -0.2) is 16.5 Å². The van der Waals surface area contributed by atoms with Gasteiger partial charge in [0.05, 0.1) is 0 Å². The molecule has 0 spiro atoms. The van der Waals surface area contributed by atoms with E-state index in [0.29, 0.717) is 18.0 Å². The predicted molar refractivity (Wildman–Crippen MR) is 78.7 cm³/mol. The molecule has 0 heterocycles. The standard InChI is InChI=1S/C13H24IN/c1-5-8-12(9-6-2)11(4)15-13(7-3)10-14/h5-6,9,11-13,15H,1,7-8,10H2,2-4H3/b9-6-/t11-,12?,13?/m0/s1. The first-order valence-corrected chi connectivity index (χ1v) is 7.27. The van der Waals surface area contributed by atoms with Crippen LogP contribution in [0.5, 0.6) is 0 Å². The van der Waals surface area contributed by atoms with E-state index in [1.165, 1.54) is 10.8 Å². The number of hydrogen-bond acceptors (Lipinski definition) is 1. The Morgan fingerprint density at radius 1 is 1.47 bits per heavy atom. The Balaban J connectivity index is 4.22. The van der Waals surface area contributed by atoms with E-state index in [2.05, 4.69) is 67.4 Å². The van der Waals surface area contributed by atoms with Crippen molar-refractivity contribution in [2.24, 2.45) is 5.92 Å². The number of alkyl halides is 1. The van der Waals surface area contributed by atoms with E-state index in [9.17, 15) is 0 Å². The third-order valence-corrected chi connectivity index (χ3v) is 3.76. The summed E-state index contributed by atoms with van der Waals surface area (Å²) in [5.74, 6) is 0.574. The van der Waals surface area contributed by atoms with Crippen LogP contribution in [0.4, 0.5) is 0 Å². The summed E-state index contributed by atoms with van der Waals surface area (Å²) < 4.78 is 1.18. The Labute approximate surface area is 109 Å². The largest absolute Gasteiger partial charge is 0.310 e. The molecular weight excluding hydrogens is 297 g/mol. The number of halogens is 1. The molecule has 0 aliphatic heterocycles. The second kappa shape index (κ2) is 9.40. The normalized spacial score (nSPS) is 17.6. The lowest BCUT2D eigenvalue weighted by molar-refractivity contribution is 0.391. The number of hydrogen-bond donors (Lipinski definition) is 1. The Kier molecular flexibility index (Phi) is 9.51.